The van der Waals surface area contributed by atoms with Crippen molar-refractivity contribution in [2.45, 2.75) is 10.4 Å². The van der Waals surface area contributed by atoms with Crippen LogP contribution in [0.15, 0.2) is 53.7 Å². The number of nitrogens with zero attached hydrogens (tertiary/aromatic N) is 2. The number of aromatic amines is 1. The van der Waals surface area contributed by atoms with Crippen molar-refractivity contribution in [3.63, 3.8) is 0 Å². The summed E-state index contributed by atoms with van der Waals surface area (Å²) < 4.78 is 0. The zero-order valence-electron chi connectivity index (χ0n) is 11.7. The standard InChI is InChI=1S/C15H11N3O4S/c19-14(20)13(9-4-2-1-3-5-9)23-15-16-11-7-6-10(18(21)22)8-12(11)17-15/h1-8,13H,(H,16,17)(H,19,20)/t13-/m1/s1. The third-order valence-electron chi connectivity index (χ3n) is 3.21. The van der Waals surface area contributed by atoms with Gasteiger partial charge in [-0.3, -0.25) is 14.9 Å². The van der Waals surface area contributed by atoms with Crippen LogP contribution in [-0.4, -0.2) is 26.0 Å². The average Bonchev–Trinajstić information content (AvgIpc) is 2.94. The predicted molar refractivity (Wildman–Crippen MR) is 85.4 cm³/mol. The van der Waals surface area contributed by atoms with Crippen LogP contribution in [0.3, 0.4) is 0 Å². The van der Waals surface area contributed by atoms with Crippen molar-refractivity contribution in [1.29, 1.82) is 0 Å². The summed E-state index contributed by atoms with van der Waals surface area (Å²) in [6.07, 6.45) is 0. The summed E-state index contributed by atoms with van der Waals surface area (Å²) in [5, 5.41) is 19.8. The molecule has 0 bridgehead atoms. The minimum absolute atomic E-state index is 0.0458. The van der Waals surface area contributed by atoms with Crippen molar-refractivity contribution in [2.24, 2.45) is 0 Å². The number of imidazole rings is 1. The number of carboxylic acid groups (broad SMARTS) is 1. The summed E-state index contributed by atoms with van der Waals surface area (Å²) in [7, 11) is 0. The van der Waals surface area contributed by atoms with E-state index >= 15 is 0 Å². The fourth-order valence-corrected chi connectivity index (χ4v) is 3.08. The number of benzene rings is 2. The number of carbonyl (C=O) groups is 1. The summed E-state index contributed by atoms with van der Waals surface area (Å²) in [6, 6.07) is 13.1. The molecule has 3 rings (SSSR count). The first-order chi connectivity index (χ1) is 11.0. The second kappa shape index (κ2) is 6.09. The highest BCUT2D eigenvalue weighted by molar-refractivity contribution is 8.00. The number of thioether (sulfide) groups is 1. The summed E-state index contributed by atoms with van der Waals surface area (Å²) in [4.78, 5) is 29.0. The maximum Gasteiger partial charge on any atom is 0.321 e. The molecule has 3 aromatic rings. The van der Waals surface area contributed by atoms with Gasteiger partial charge >= 0.3 is 5.97 Å². The van der Waals surface area contributed by atoms with E-state index in [1.165, 1.54) is 18.2 Å². The Labute approximate surface area is 134 Å². The van der Waals surface area contributed by atoms with Gasteiger partial charge in [-0.25, -0.2) is 4.98 Å². The molecule has 8 heteroatoms. The lowest BCUT2D eigenvalue weighted by molar-refractivity contribution is -0.384. The van der Waals surface area contributed by atoms with Crippen molar-refractivity contribution < 1.29 is 14.8 Å². The molecule has 0 radical (unpaired) electrons. The van der Waals surface area contributed by atoms with E-state index < -0.39 is 16.1 Å². The number of nitro groups is 1. The number of nitro benzene ring substituents is 1. The van der Waals surface area contributed by atoms with Gasteiger partial charge in [-0.15, -0.1) is 0 Å². The molecule has 23 heavy (non-hydrogen) atoms. The molecule has 0 spiro atoms. The fraction of sp³-hybridized carbons (Fsp3) is 0.0667. The first-order valence-corrected chi connectivity index (χ1v) is 7.51. The van der Waals surface area contributed by atoms with E-state index in [1.807, 2.05) is 6.07 Å². The number of hydrogen-bond donors (Lipinski definition) is 2. The van der Waals surface area contributed by atoms with Crippen LogP contribution >= 0.6 is 11.8 Å². The number of rotatable bonds is 5. The summed E-state index contributed by atoms with van der Waals surface area (Å²) in [5.74, 6) is -0.979. The van der Waals surface area contributed by atoms with Gasteiger partial charge in [0.2, 0.25) is 0 Å². The molecule has 7 nitrogen and oxygen atoms in total. The van der Waals surface area contributed by atoms with E-state index in [1.54, 1.807) is 24.3 Å². The van der Waals surface area contributed by atoms with Gasteiger partial charge in [0.15, 0.2) is 5.16 Å². The van der Waals surface area contributed by atoms with E-state index in [0.717, 1.165) is 11.8 Å². The van der Waals surface area contributed by atoms with Crippen LogP contribution in [0.4, 0.5) is 5.69 Å². The van der Waals surface area contributed by atoms with Gasteiger partial charge in [-0.05, 0) is 11.6 Å². The molecule has 1 atom stereocenters. The van der Waals surface area contributed by atoms with Gasteiger partial charge in [0.05, 0.1) is 16.0 Å². The second-order valence-electron chi connectivity index (χ2n) is 4.75. The molecular formula is C15H11N3O4S. The highest BCUT2D eigenvalue weighted by Crippen LogP contribution is 2.35. The topological polar surface area (TPSA) is 109 Å². The van der Waals surface area contributed by atoms with Crippen LogP contribution in [0.5, 0.6) is 0 Å². The number of nitrogens with one attached hydrogen (secondary N) is 1. The Kier molecular flexibility index (Phi) is 3.98. The molecule has 0 aliphatic heterocycles. The second-order valence-corrected chi connectivity index (χ2v) is 5.84. The Morgan fingerprint density at radius 2 is 2.00 bits per heavy atom. The third kappa shape index (κ3) is 3.16. The minimum Gasteiger partial charge on any atom is -0.480 e. The molecule has 0 aliphatic carbocycles. The average molecular weight is 329 g/mol. The number of H-pyrrole nitrogens is 1. The monoisotopic (exact) mass is 329 g/mol. The summed E-state index contributed by atoms with van der Waals surface area (Å²) in [5.41, 5.74) is 1.65. The molecule has 0 unspecified atom stereocenters. The molecule has 0 fully saturated rings. The van der Waals surface area contributed by atoms with E-state index in [9.17, 15) is 20.0 Å². The highest BCUT2D eigenvalue weighted by atomic mass is 32.2. The number of non-ortho nitro benzene ring substituents is 1. The summed E-state index contributed by atoms with van der Waals surface area (Å²) in [6.45, 7) is 0. The van der Waals surface area contributed by atoms with Crippen LogP contribution in [0.1, 0.15) is 10.8 Å². The van der Waals surface area contributed by atoms with Crippen molar-refractivity contribution in [1.82, 2.24) is 9.97 Å². The maximum absolute atomic E-state index is 11.5. The van der Waals surface area contributed by atoms with E-state index in [4.69, 9.17) is 0 Å². The molecule has 0 amide bonds. The Bertz CT molecular complexity index is 879. The number of aromatic nitrogens is 2. The molecule has 0 aliphatic rings. The zero-order chi connectivity index (χ0) is 16.4. The quantitative estimate of drug-likeness (QED) is 0.422. The first kappa shape index (κ1) is 15.0. The molecule has 1 aromatic heterocycles. The smallest absolute Gasteiger partial charge is 0.321 e. The molecule has 0 saturated carbocycles. The number of hydrogen-bond acceptors (Lipinski definition) is 5. The normalized spacial score (nSPS) is 12.2. The lowest BCUT2D eigenvalue weighted by atomic mass is 10.1. The predicted octanol–water partition coefficient (Wildman–Crippen LogP) is 3.39. The lowest BCUT2D eigenvalue weighted by Gasteiger charge is -2.10. The van der Waals surface area contributed by atoms with Gasteiger partial charge in [0.25, 0.3) is 5.69 Å². The number of carboxylic acids is 1. The Morgan fingerprint density at radius 1 is 1.26 bits per heavy atom. The largest absolute Gasteiger partial charge is 0.480 e. The van der Waals surface area contributed by atoms with Crippen LogP contribution in [0.2, 0.25) is 0 Å². The van der Waals surface area contributed by atoms with Crippen LogP contribution in [0.25, 0.3) is 11.0 Å². The SMILES string of the molecule is O=C(O)[C@H](Sc1nc2ccc([N+](=O)[O-])cc2[nH]1)c1ccccc1. The van der Waals surface area contributed by atoms with Crippen molar-refractivity contribution in [3.05, 3.63) is 64.2 Å². The minimum atomic E-state index is -0.979. The number of aliphatic carboxylic acids is 1. The molecular weight excluding hydrogens is 318 g/mol. The van der Waals surface area contributed by atoms with Gasteiger partial charge < -0.3 is 10.1 Å². The van der Waals surface area contributed by atoms with Crippen molar-refractivity contribution in [2.75, 3.05) is 0 Å². The Morgan fingerprint density at radius 3 is 2.65 bits per heavy atom. The Balaban J connectivity index is 1.93. The van der Waals surface area contributed by atoms with E-state index in [2.05, 4.69) is 9.97 Å². The Hall–Kier alpha value is -2.87. The van der Waals surface area contributed by atoms with E-state index in [-0.39, 0.29) is 5.69 Å². The highest BCUT2D eigenvalue weighted by Gasteiger charge is 2.23. The molecule has 2 aromatic carbocycles. The van der Waals surface area contributed by atoms with Gasteiger partial charge in [0.1, 0.15) is 5.25 Å². The van der Waals surface area contributed by atoms with Crippen LogP contribution in [0, 0.1) is 10.1 Å². The maximum atomic E-state index is 11.5. The zero-order valence-corrected chi connectivity index (χ0v) is 12.5. The van der Waals surface area contributed by atoms with Crippen molar-refractivity contribution in [3.8, 4) is 0 Å². The number of fused-ring (bicyclic) bond motifs is 1. The summed E-state index contributed by atoms with van der Waals surface area (Å²) >= 11 is 1.05. The van der Waals surface area contributed by atoms with E-state index in [0.29, 0.717) is 21.8 Å². The van der Waals surface area contributed by atoms with Crippen LogP contribution < -0.4 is 0 Å². The molecule has 1 heterocycles. The third-order valence-corrected chi connectivity index (χ3v) is 4.34. The van der Waals surface area contributed by atoms with Crippen molar-refractivity contribution >= 4 is 34.5 Å². The molecule has 116 valence electrons. The lowest BCUT2D eigenvalue weighted by Crippen LogP contribution is -2.08. The van der Waals surface area contributed by atoms with Gasteiger partial charge in [-0.2, -0.15) is 0 Å². The molecule has 0 saturated heterocycles. The van der Waals surface area contributed by atoms with Gasteiger partial charge in [-0.1, -0.05) is 42.1 Å². The molecule has 2 N–H and O–H groups in total. The van der Waals surface area contributed by atoms with Gasteiger partial charge in [0, 0.05) is 12.1 Å². The van der Waals surface area contributed by atoms with Crippen LogP contribution in [-0.2, 0) is 4.79 Å². The fourth-order valence-electron chi connectivity index (χ4n) is 2.14. The first-order valence-electron chi connectivity index (χ1n) is 6.63.